The SMILES string of the molecule is CCOc1ccc(C(=O)NCCNC(=O)c2ccccc2F)cc1. The molecule has 2 N–H and O–H groups in total. The second-order valence-electron chi connectivity index (χ2n) is 4.95. The maximum Gasteiger partial charge on any atom is 0.254 e. The highest BCUT2D eigenvalue weighted by atomic mass is 19.1. The van der Waals surface area contributed by atoms with Crippen molar-refractivity contribution in [1.82, 2.24) is 10.6 Å². The van der Waals surface area contributed by atoms with E-state index in [0.29, 0.717) is 17.9 Å². The van der Waals surface area contributed by atoms with Crippen molar-refractivity contribution in [1.29, 1.82) is 0 Å². The molecule has 5 nitrogen and oxygen atoms in total. The van der Waals surface area contributed by atoms with E-state index in [-0.39, 0.29) is 24.6 Å². The average Bonchev–Trinajstić information content (AvgIpc) is 2.59. The van der Waals surface area contributed by atoms with Crippen molar-refractivity contribution in [2.75, 3.05) is 19.7 Å². The van der Waals surface area contributed by atoms with Gasteiger partial charge in [0.2, 0.25) is 0 Å². The number of rotatable bonds is 7. The van der Waals surface area contributed by atoms with Gasteiger partial charge in [-0.2, -0.15) is 0 Å². The summed E-state index contributed by atoms with van der Waals surface area (Å²) < 4.78 is 18.8. The van der Waals surface area contributed by atoms with Crippen molar-refractivity contribution in [2.45, 2.75) is 6.92 Å². The average molecular weight is 330 g/mol. The third kappa shape index (κ3) is 4.81. The van der Waals surface area contributed by atoms with Crippen LogP contribution in [0.25, 0.3) is 0 Å². The Balaban J connectivity index is 1.76. The van der Waals surface area contributed by atoms with Crippen molar-refractivity contribution >= 4 is 11.8 Å². The number of nitrogens with one attached hydrogen (secondary N) is 2. The van der Waals surface area contributed by atoms with Gasteiger partial charge in [-0.25, -0.2) is 4.39 Å². The first-order valence-electron chi connectivity index (χ1n) is 7.65. The Labute approximate surface area is 139 Å². The van der Waals surface area contributed by atoms with Gasteiger partial charge in [-0.3, -0.25) is 9.59 Å². The molecule has 0 bridgehead atoms. The van der Waals surface area contributed by atoms with E-state index in [0.717, 1.165) is 0 Å². The van der Waals surface area contributed by atoms with E-state index in [4.69, 9.17) is 4.74 Å². The molecule has 0 saturated carbocycles. The van der Waals surface area contributed by atoms with Crippen molar-refractivity contribution < 1.29 is 18.7 Å². The lowest BCUT2D eigenvalue weighted by molar-refractivity contribution is 0.0925. The summed E-state index contributed by atoms with van der Waals surface area (Å²) in [5.74, 6) is -0.638. The highest BCUT2D eigenvalue weighted by Gasteiger charge is 2.10. The molecular formula is C18H19FN2O3. The summed E-state index contributed by atoms with van der Waals surface area (Å²) in [4.78, 5) is 23.8. The lowest BCUT2D eigenvalue weighted by atomic mass is 10.2. The van der Waals surface area contributed by atoms with Gasteiger partial charge in [0.25, 0.3) is 11.8 Å². The number of halogens is 1. The second-order valence-corrected chi connectivity index (χ2v) is 4.95. The maximum absolute atomic E-state index is 13.4. The van der Waals surface area contributed by atoms with Crippen LogP contribution in [0.5, 0.6) is 5.75 Å². The Hall–Kier alpha value is -2.89. The molecule has 0 aliphatic heterocycles. The van der Waals surface area contributed by atoms with Gasteiger partial charge in [-0.1, -0.05) is 12.1 Å². The summed E-state index contributed by atoms with van der Waals surface area (Å²) in [6.45, 7) is 2.89. The summed E-state index contributed by atoms with van der Waals surface area (Å²) in [5.41, 5.74) is 0.481. The van der Waals surface area contributed by atoms with Gasteiger partial charge in [-0.15, -0.1) is 0 Å². The number of hydrogen-bond acceptors (Lipinski definition) is 3. The van der Waals surface area contributed by atoms with Crippen LogP contribution in [0.3, 0.4) is 0 Å². The quantitative estimate of drug-likeness (QED) is 0.766. The minimum Gasteiger partial charge on any atom is -0.494 e. The Morgan fingerprint density at radius 2 is 1.58 bits per heavy atom. The molecular weight excluding hydrogens is 311 g/mol. The molecule has 0 heterocycles. The normalized spacial score (nSPS) is 10.1. The van der Waals surface area contributed by atoms with Crippen LogP contribution in [0.15, 0.2) is 48.5 Å². The molecule has 0 aromatic heterocycles. The van der Waals surface area contributed by atoms with Crippen LogP contribution in [-0.2, 0) is 0 Å². The van der Waals surface area contributed by atoms with E-state index >= 15 is 0 Å². The molecule has 24 heavy (non-hydrogen) atoms. The van der Waals surface area contributed by atoms with Gasteiger partial charge in [0.05, 0.1) is 12.2 Å². The predicted octanol–water partition coefficient (Wildman–Crippen LogP) is 2.38. The molecule has 2 rings (SSSR count). The standard InChI is InChI=1S/C18H19FN2O3/c1-2-24-14-9-7-13(8-10-14)17(22)20-11-12-21-18(23)15-5-3-4-6-16(15)19/h3-10H,2,11-12H2,1H3,(H,20,22)(H,21,23). The molecule has 2 aromatic rings. The molecule has 6 heteroatoms. The fourth-order valence-corrected chi connectivity index (χ4v) is 2.06. The van der Waals surface area contributed by atoms with Crippen molar-refractivity contribution in [2.24, 2.45) is 0 Å². The molecule has 0 atom stereocenters. The van der Waals surface area contributed by atoms with Crippen molar-refractivity contribution in [3.05, 3.63) is 65.5 Å². The van der Waals surface area contributed by atoms with E-state index in [9.17, 15) is 14.0 Å². The van der Waals surface area contributed by atoms with E-state index in [2.05, 4.69) is 10.6 Å². The van der Waals surface area contributed by atoms with Crippen molar-refractivity contribution in [3.8, 4) is 5.75 Å². The number of hydrogen-bond donors (Lipinski definition) is 2. The van der Waals surface area contributed by atoms with Crippen LogP contribution < -0.4 is 15.4 Å². The molecule has 0 aliphatic rings. The molecule has 0 unspecified atom stereocenters. The summed E-state index contributed by atoms with van der Waals surface area (Å²) in [7, 11) is 0. The first-order chi connectivity index (χ1) is 11.6. The molecule has 2 amide bonds. The number of carbonyl (C=O) groups is 2. The fraction of sp³-hybridized carbons (Fsp3) is 0.222. The highest BCUT2D eigenvalue weighted by molar-refractivity contribution is 5.95. The molecule has 2 aromatic carbocycles. The maximum atomic E-state index is 13.4. The first-order valence-corrected chi connectivity index (χ1v) is 7.65. The predicted molar refractivity (Wildman–Crippen MR) is 88.7 cm³/mol. The third-order valence-corrected chi connectivity index (χ3v) is 3.24. The molecule has 0 fully saturated rings. The Morgan fingerprint density at radius 1 is 0.958 bits per heavy atom. The van der Waals surface area contributed by atoms with E-state index in [1.54, 1.807) is 30.3 Å². The minimum absolute atomic E-state index is 0.0182. The third-order valence-electron chi connectivity index (χ3n) is 3.24. The van der Waals surface area contributed by atoms with E-state index in [1.165, 1.54) is 18.2 Å². The van der Waals surface area contributed by atoms with Gasteiger partial charge < -0.3 is 15.4 Å². The van der Waals surface area contributed by atoms with Crippen LogP contribution >= 0.6 is 0 Å². The van der Waals surface area contributed by atoms with Crippen LogP contribution in [0.4, 0.5) is 4.39 Å². The number of benzene rings is 2. The van der Waals surface area contributed by atoms with Gasteiger partial charge in [0.15, 0.2) is 0 Å². The zero-order valence-corrected chi connectivity index (χ0v) is 13.3. The van der Waals surface area contributed by atoms with Crippen LogP contribution in [0.2, 0.25) is 0 Å². The summed E-state index contributed by atoms with van der Waals surface area (Å²) in [5, 5.41) is 5.24. The first kappa shape index (κ1) is 17.5. The lowest BCUT2D eigenvalue weighted by Gasteiger charge is -2.08. The lowest BCUT2D eigenvalue weighted by Crippen LogP contribution is -2.35. The summed E-state index contributed by atoms with van der Waals surface area (Å²) in [6.07, 6.45) is 0. The molecule has 0 aliphatic carbocycles. The van der Waals surface area contributed by atoms with E-state index in [1.807, 2.05) is 6.92 Å². The molecule has 0 spiro atoms. The largest absolute Gasteiger partial charge is 0.494 e. The second kappa shape index (κ2) is 8.67. The number of amides is 2. The smallest absolute Gasteiger partial charge is 0.254 e. The zero-order valence-electron chi connectivity index (χ0n) is 13.3. The summed E-state index contributed by atoms with van der Waals surface area (Å²) >= 11 is 0. The molecule has 0 radical (unpaired) electrons. The zero-order chi connectivity index (χ0) is 17.4. The van der Waals surface area contributed by atoms with Crippen LogP contribution in [0.1, 0.15) is 27.6 Å². The van der Waals surface area contributed by atoms with Crippen LogP contribution in [0, 0.1) is 5.82 Å². The minimum atomic E-state index is -0.576. The van der Waals surface area contributed by atoms with Gasteiger partial charge in [0.1, 0.15) is 11.6 Å². The molecule has 0 saturated heterocycles. The topological polar surface area (TPSA) is 67.4 Å². The van der Waals surface area contributed by atoms with Crippen LogP contribution in [-0.4, -0.2) is 31.5 Å². The Kier molecular flexibility index (Phi) is 6.31. The number of carbonyl (C=O) groups excluding carboxylic acids is 2. The Bertz CT molecular complexity index is 702. The highest BCUT2D eigenvalue weighted by Crippen LogP contribution is 2.11. The van der Waals surface area contributed by atoms with E-state index < -0.39 is 11.7 Å². The van der Waals surface area contributed by atoms with Gasteiger partial charge in [0, 0.05) is 18.7 Å². The molecule has 126 valence electrons. The van der Waals surface area contributed by atoms with Gasteiger partial charge in [-0.05, 0) is 43.3 Å². The van der Waals surface area contributed by atoms with Crippen molar-refractivity contribution in [3.63, 3.8) is 0 Å². The monoisotopic (exact) mass is 330 g/mol. The summed E-state index contributed by atoms with van der Waals surface area (Å²) in [6, 6.07) is 12.5. The fourth-order valence-electron chi connectivity index (χ4n) is 2.06. The Morgan fingerprint density at radius 3 is 2.21 bits per heavy atom. The number of ether oxygens (including phenoxy) is 1. The van der Waals surface area contributed by atoms with Gasteiger partial charge >= 0.3 is 0 Å².